The van der Waals surface area contributed by atoms with Gasteiger partial charge in [0.2, 0.25) is 0 Å². The van der Waals surface area contributed by atoms with Gasteiger partial charge in [-0.2, -0.15) is 0 Å². The fourth-order valence-electron chi connectivity index (χ4n) is 4.25. The maximum atomic E-state index is 13.8. The molecule has 1 atom stereocenters. The lowest BCUT2D eigenvalue weighted by Crippen LogP contribution is -2.50. The molecule has 0 aromatic heterocycles. The summed E-state index contributed by atoms with van der Waals surface area (Å²) in [6.07, 6.45) is 0.304. The molecule has 8 heteroatoms. The molecule has 1 aliphatic heterocycles. The molecular formula is C31H34N2O5S. The molecule has 3 aromatic carbocycles. The number of carbonyl (C=O) groups is 3. The lowest BCUT2D eigenvalue weighted by Gasteiger charge is -2.27. The standard InChI is InChI=1S/C31H34N2O5S/c1-31(2,3)38-30(36)32-25-20-39-28-17-13-23(27(34)16-12-21-10-14-24(37-4)15-11-21)18-26(28)33(29(25)35)19-22-8-6-5-7-9-22/h5-11,13-15,17-18,25H,12,16,19-20H2,1-4H3,(H,32,36)/t25-/m0/s1. The summed E-state index contributed by atoms with van der Waals surface area (Å²) >= 11 is 1.47. The maximum Gasteiger partial charge on any atom is 0.408 e. The van der Waals surface area contributed by atoms with Crippen LogP contribution in [0, 0.1) is 0 Å². The van der Waals surface area contributed by atoms with Crippen molar-refractivity contribution in [3.05, 3.63) is 89.5 Å². The zero-order valence-electron chi connectivity index (χ0n) is 22.7. The summed E-state index contributed by atoms with van der Waals surface area (Å²) in [5, 5.41) is 2.75. The number of nitrogens with one attached hydrogen (secondary N) is 1. The normalized spacial score (nSPS) is 15.2. The van der Waals surface area contributed by atoms with Gasteiger partial charge in [-0.1, -0.05) is 48.5 Å². The van der Waals surface area contributed by atoms with E-state index in [1.807, 2.05) is 66.7 Å². The number of Topliss-reactive ketones (excluding diaryl/α,β-unsaturated/α-hetero) is 1. The fourth-order valence-corrected chi connectivity index (χ4v) is 5.31. The zero-order valence-corrected chi connectivity index (χ0v) is 23.5. The number of rotatable bonds is 8. The summed E-state index contributed by atoms with van der Waals surface area (Å²) in [5.41, 5.74) is 2.52. The Kier molecular flexibility index (Phi) is 8.97. The number of ether oxygens (including phenoxy) is 2. The van der Waals surface area contributed by atoms with Crippen molar-refractivity contribution in [1.82, 2.24) is 5.32 Å². The van der Waals surface area contributed by atoms with Crippen LogP contribution in [-0.2, 0) is 22.5 Å². The number of hydrogen-bond acceptors (Lipinski definition) is 6. The van der Waals surface area contributed by atoms with Crippen LogP contribution in [0.15, 0.2) is 77.7 Å². The third-order valence-corrected chi connectivity index (χ3v) is 7.37. The molecule has 1 aliphatic rings. The third-order valence-electron chi connectivity index (χ3n) is 6.22. The molecular weight excluding hydrogens is 512 g/mol. The van der Waals surface area contributed by atoms with Gasteiger partial charge in [-0.05, 0) is 62.6 Å². The number of methoxy groups -OCH3 is 1. The van der Waals surface area contributed by atoms with E-state index in [0.29, 0.717) is 36.4 Å². The first-order valence-electron chi connectivity index (χ1n) is 12.9. The van der Waals surface area contributed by atoms with Gasteiger partial charge in [-0.25, -0.2) is 4.79 Å². The minimum absolute atomic E-state index is 0.00148. The molecule has 4 rings (SSSR count). The van der Waals surface area contributed by atoms with Crippen molar-refractivity contribution in [3.63, 3.8) is 0 Å². The number of ketones is 1. The number of nitrogens with zero attached hydrogens (tertiary/aromatic N) is 1. The van der Waals surface area contributed by atoms with Crippen molar-refractivity contribution < 1.29 is 23.9 Å². The van der Waals surface area contributed by atoms with Crippen LogP contribution >= 0.6 is 11.8 Å². The lowest BCUT2D eigenvalue weighted by molar-refractivity contribution is -0.120. The third kappa shape index (κ3) is 7.63. The molecule has 0 bridgehead atoms. The predicted octanol–water partition coefficient (Wildman–Crippen LogP) is 6.04. The van der Waals surface area contributed by atoms with Gasteiger partial charge in [0, 0.05) is 22.6 Å². The molecule has 0 spiro atoms. The van der Waals surface area contributed by atoms with Crippen molar-refractivity contribution in [3.8, 4) is 5.75 Å². The van der Waals surface area contributed by atoms with Gasteiger partial charge in [0.1, 0.15) is 17.4 Å². The summed E-state index contributed by atoms with van der Waals surface area (Å²) in [5.74, 6) is 0.870. The molecule has 3 aromatic rings. The van der Waals surface area contributed by atoms with Crippen LogP contribution in [0.25, 0.3) is 0 Å². The van der Waals surface area contributed by atoms with Crippen molar-refractivity contribution in [1.29, 1.82) is 0 Å². The average Bonchev–Trinajstić information content (AvgIpc) is 3.03. The average molecular weight is 547 g/mol. The topological polar surface area (TPSA) is 84.9 Å². The summed E-state index contributed by atoms with van der Waals surface area (Å²) in [7, 11) is 1.62. The Hall–Kier alpha value is -3.78. The van der Waals surface area contributed by atoms with Crippen LogP contribution in [0.2, 0.25) is 0 Å². The Morgan fingerprint density at radius 2 is 1.72 bits per heavy atom. The van der Waals surface area contributed by atoms with Crippen molar-refractivity contribution in [2.24, 2.45) is 0 Å². The minimum atomic E-state index is -0.782. The molecule has 2 amide bonds. The maximum absolute atomic E-state index is 13.8. The van der Waals surface area contributed by atoms with E-state index in [-0.39, 0.29) is 11.7 Å². The number of aryl methyl sites for hydroxylation is 1. The fraction of sp³-hybridized carbons (Fsp3) is 0.323. The number of alkyl carbamates (subject to hydrolysis) is 1. The van der Waals surface area contributed by atoms with Gasteiger partial charge in [-0.3, -0.25) is 9.59 Å². The smallest absolute Gasteiger partial charge is 0.408 e. The lowest BCUT2D eigenvalue weighted by atomic mass is 10.0. The quantitative estimate of drug-likeness (QED) is 0.347. The van der Waals surface area contributed by atoms with E-state index >= 15 is 0 Å². The van der Waals surface area contributed by atoms with Crippen molar-refractivity contribution in [2.75, 3.05) is 17.8 Å². The second kappa shape index (κ2) is 12.4. The Balaban J connectivity index is 1.57. The number of benzene rings is 3. The summed E-state index contributed by atoms with van der Waals surface area (Å²) in [6.45, 7) is 5.65. The monoisotopic (exact) mass is 546 g/mol. The van der Waals surface area contributed by atoms with E-state index in [0.717, 1.165) is 21.8 Å². The van der Waals surface area contributed by atoms with E-state index in [1.165, 1.54) is 11.8 Å². The Morgan fingerprint density at radius 3 is 2.38 bits per heavy atom. The highest BCUT2D eigenvalue weighted by atomic mass is 32.2. The highest BCUT2D eigenvalue weighted by Gasteiger charge is 2.33. The van der Waals surface area contributed by atoms with Gasteiger partial charge in [0.25, 0.3) is 5.91 Å². The molecule has 0 radical (unpaired) electrons. The Bertz CT molecular complexity index is 1320. The van der Waals surface area contributed by atoms with Crippen LogP contribution in [0.5, 0.6) is 5.75 Å². The second-order valence-corrected chi connectivity index (χ2v) is 11.4. The van der Waals surface area contributed by atoms with E-state index in [4.69, 9.17) is 9.47 Å². The number of fused-ring (bicyclic) bond motifs is 1. The van der Waals surface area contributed by atoms with Crippen LogP contribution in [0.4, 0.5) is 10.5 Å². The van der Waals surface area contributed by atoms with Gasteiger partial charge in [0.05, 0.1) is 19.3 Å². The molecule has 1 heterocycles. The first-order chi connectivity index (χ1) is 18.6. The molecule has 204 valence electrons. The summed E-state index contributed by atoms with van der Waals surface area (Å²) < 4.78 is 10.6. The van der Waals surface area contributed by atoms with Gasteiger partial charge < -0.3 is 19.7 Å². The van der Waals surface area contributed by atoms with E-state index < -0.39 is 17.7 Å². The molecule has 0 aliphatic carbocycles. The van der Waals surface area contributed by atoms with Crippen LogP contribution < -0.4 is 15.0 Å². The first kappa shape index (κ1) is 28.2. The van der Waals surface area contributed by atoms with Gasteiger partial charge in [0.15, 0.2) is 5.78 Å². The summed E-state index contributed by atoms with van der Waals surface area (Å²) in [6, 6.07) is 22.1. The Labute approximate surface area is 233 Å². The zero-order chi connectivity index (χ0) is 28.0. The van der Waals surface area contributed by atoms with Gasteiger partial charge in [-0.15, -0.1) is 11.8 Å². The minimum Gasteiger partial charge on any atom is -0.497 e. The molecule has 1 N–H and O–H groups in total. The number of thioether (sulfide) groups is 1. The van der Waals surface area contributed by atoms with Gasteiger partial charge >= 0.3 is 6.09 Å². The predicted molar refractivity (Wildman–Crippen MR) is 154 cm³/mol. The largest absolute Gasteiger partial charge is 0.497 e. The van der Waals surface area contributed by atoms with E-state index in [9.17, 15) is 14.4 Å². The number of anilines is 1. The Morgan fingerprint density at radius 1 is 1.00 bits per heavy atom. The molecule has 0 saturated carbocycles. The number of hydrogen-bond donors (Lipinski definition) is 1. The van der Waals surface area contributed by atoms with Crippen LogP contribution in [0.3, 0.4) is 0 Å². The molecule has 7 nitrogen and oxygen atoms in total. The van der Waals surface area contributed by atoms with Crippen molar-refractivity contribution in [2.45, 2.75) is 56.7 Å². The molecule has 39 heavy (non-hydrogen) atoms. The highest BCUT2D eigenvalue weighted by molar-refractivity contribution is 7.99. The molecule has 0 unspecified atom stereocenters. The SMILES string of the molecule is COc1ccc(CCC(=O)c2ccc3c(c2)N(Cc2ccccc2)C(=O)[C@@H](NC(=O)OC(C)(C)C)CS3)cc1. The highest BCUT2D eigenvalue weighted by Crippen LogP contribution is 2.36. The summed E-state index contributed by atoms with van der Waals surface area (Å²) in [4.78, 5) is 42.1. The number of amides is 2. The second-order valence-electron chi connectivity index (χ2n) is 10.4. The van der Waals surface area contributed by atoms with E-state index in [1.54, 1.807) is 38.8 Å². The molecule has 0 saturated heterocycles. The van der Waals surface area contributed by atoms with Crippen molar-refractivity contribution >= 4 is 35.2 Å². The number of carbonyl (C=O) groups excluding carboxylic acids is 3. The molecule has 0 fully saturated rings. The van der Waals surface area contributed by atoms with E-state index in [2.05, 4.69) is 5.32 Å². The van der Waals surface area contributed by atoms with Crippen LogP contribution in [-0.4, -0.2) is 42.3 Å². The first-order valence-corrected chi connectivity index (χ1v) is 13.9. The van der Waals surface area contributed by atoms with Crippen LogP contribution in [0.1, 0.15) is 48.7 Å².